The average molecular weight is 1010 g/mol. The molecule has 5 aliphatic rings. The summed E-state index contributed by atoms with van der Waals surface area (Å²) in [6.45, 7) is 25.1. The smallest absolute Gasteiger partial charge is 0.410 e. The Morgan fingerprint density at radius 1 is 0.507 bits per heavy atom. The zero-order valence-corrected chi connectivity index (χ0v) is 45.2. The highest BCUT2D eigenvalue weighted by molar-refractivity contribution is 5.82. The Labute approximate surface area is 423 Å². The fraction of sp³-hybridized carbons (Fsp3) is 0.750. The molecule has 19 nitrogen and oxygen atoms in total. The second-order valence-corrected chi connectivity index (χ2v) is 20.9. The van der Waals surface area contributed by atoms with Crippen LogP contribution in [0.5, 0.6) is 0 Å². The molecule has 406 valence electrons. The number of aldehydes is 1. The minimum atomic E-state index is -0.856. The number of carboxylic acids is 1. The van der Waals surface area contributed by atoms with Gasteiger partial charge in [0.2, 0.25) is 0 Å². The van der Waals surface area contributed by atoms with Gasteiger partial charge in [-0.25, -0.2) is 28.8 Å². The standard InChI is InChI=1S/C14H23NO4.C10H19NO3.C10H17NO3.C10H17NO2.C8H13NO2/c1-5-18-12(16)9-8-11-7-6-10-15(11)13(17)19-14(2,3)4;2*1-10(2,3)14-9(13)11-6-4-5-8(11)7-12;1-3-13-10(12)7-6-9-5-4-8-11(9)2;1-9-6-2-3-7(9)4-5-8(10)11/h8-9,11H,5-7,10H2,1-4H3;8,12H,4-7H2,1-3H3;7-8H,4-6H2,1-3H3;6-7,9H,3-5,8H2,1-2H3;4-5,7H,2-3,6H2,1H3,(H,10,11)/b9-8+;;;7-6+;5-4+/t11-;2*8-;9-;7-/m11111/s1. The molecule has 0 aliphatic carbocycles. The Morgan fingerprint density at radius 3 is 1.21 bits per heavy atom. The Morgan fingerprint density at radius 2 is 0.845 bits per heavy atom. The lowest BCUT2D eigenvalue weighted by Gasteiger charge is -2.27. The number of likely N-dealkylation sites (N-methyl/N-ethyl adjacent to an activating group) is 2. The van der Waals surface area contributed by atoms with E-state index >= 15 is 0 Å². The molecular weight excluding hydrogens is 919 g/mol. The van der Waals surface area contributed by atoms with Gasteiger partial charge in [-0.2, -0.15) is 0 Å². The van der Waals surface area contributed by atoms with E-state index in [2.05, 4.69) is 16.8 Å². The summed E-state index contributed by atoms with van der Waals surface area (Å²) < 4.78 is 25.4. The highest BCUT2D eigenvalue weighted by Crippen LogP contribution is 2.23. The van der Waals surface area contributed by atoms with Gasteiger partial charge < -0.3 is 48.5 Å². The number of aliphatic hydroxyl groups is 1. The zero-order chi connectivity index (χ0) is 54.0. The van der Waals surface area contributed by atoms with Gasteiger partial charge in [0, 0.05) is 49.9 Å². The van der Waals surface area contributed by atoms with Gasteiger partial charge in [0.25, 0.3) is 0 Å². The summed E-state index contributed by atoms with van der Waals surface area (Å²) in [6.07, 6.45) is 19.2. The molecule has 5 heterocycles. The predicted molar refractivity (Wildman–Crippen MR) is 271 cm³/mol. The fourth-order valence-electron chi connectivity index (χ4n) is 7.92. The lowest BCUT2D eigenvalue weighted by Crippen LogP contribution is -2.41. The molecule has 0 aromatic carbocycles. The second-order valence-electron chi connectivity index (χ2n) is 20.9. The van der Waals surface area contributed by atoms with Crippen LogP contribution in [0.4, 0.5) is 14.4 Å². The number of likely N-dealkylation sites (tertiary alicyclic amines) is 5. The summed E-state index contributed by atoms with van der Waals surface area (Å²) in [5, 5.41) is 17.4. The molecule has 5 fully saturated rings. The summed E-state index contributed by atoms with van der Waals surface area (Å²) in [7, 11) is 4.09. The van der Waals surface area contributed by atoms with Crippen molar-refractivity contribution in [3.8, 4) is 0 Å². The molecule has 0 unspecified atom stereocenters. The number of nitrogens with zero attached hydrogens (tertiary/aromatic N) is 5. The summed E-state index contributed by atoms with van der Waals surface area (Å²) in [6, 6.07) is 0.337. The van der Waals surface area contributed by atoms with Gasteiger partial charge in [-0.15, -0.1) is 0 Å². The Kier molecular flexibility index (Phi) is 29.0. The molecule has 0 bridgehead atoms. The number of hydrogen-bond donors (Lipinski definition) is 2. The van der Waals surface area contributed by atoms with Gasteiger partial charge >= 0.3 is 36.2 Å². The molecule has 0 saturated carbocycles. The number of carboxylic acid groups (broad SMARTS) is 1. The molecule has 5 rings (SSSR count). The third-order valence-electron chi connectivity index (χ3n) is 11.3. The quantitative estimate of drug-likeness (QED) is 0.0942. The van der Waals surface area contributed by atoms with Crippen molar-refractivity contribution in [2.45, 2.75) is 187 Å². The van der Waals surface area contributed by atoms with Gasteiger partial charge in [-0.3, -0.25) is 14.7 Å². The van der Waals surface area contributed by atoms with Crippen LogP contribution in [0.25, 0.3) is 0 Å². The molecular formula is C52H89N5O14. The van der Waals surface area contributed by atoms with Crippen LogP contribution in [0.1, 0.15) is 140 Å². The van der Waals surface area contributed by atoms with Crippen molar-refractivity contribution in [2.75, 3.05) is 66.6 Å². The number of aliphatic carboxylic acids is 1. The number of hydrogen-bond acceptors (Lipinski definition) is 15. The van der Waals surface area contributed by atoms with Crippen LogP contribution < -0.4 is 0 Å². The van der Waals surface area contributed by atoms with E-state index in [1.54, 1.807) is 28.9 Å². The molecule has 3 amide bonds. The van der Waals surface area contributed by atoms with Crippen molar-refractivity contribution < 1.29 is 67.5 Å². The maximum atomic E-state index is 12.0. The summed E-state index contributed by atoms with van der Waals surface area (Å²) in [5.74, 6) is -1.47. The zero-order valence-electron chi connectivity index (χ0n) is 45.2. The molecule has 5 aliphatic heterocycles. The van der Waals surface area contributed by atoms with E-state index < -0.39 is 22.8 Å². The predicted octanol–water partition coefficient (Wildman–Crippen LogP) is 7.39. The molecule has 2 N–H and O–H groups in total. The number of rotatable bonds is 10. The normalized spacial score (nSPS) is 22.6. The first-order valence-electron chi connectivity index (χ1n) is 25.2. The molecule has 0 aromatic rings. The van der Waals surface area contributed by atoms with Crippen molar-refractivity contribution in [2.24, 2.45) is 0 Å². The third kappa shape index (κ3) is 27.4. The van der Waals surface area contributed by atoms with E-state index in [0.717, 1.165) is 70.7 Å². The molecule has 5 saturated heterocycles. The minimum Gasteiger partial charge on any atom is -0.478 e. The largest absolute Gasteiger partial charge is 0.478 e. The maximum absolute atomic E-state index is 12.0. The molecule has 19 heteroatoms. The van der Waals surface area contributed by atoms with Crippen LogP contribution in [0.2, 0.25) is 0 Å². The topological polar surface area (TPSA) is 222 Å². The second kappa shape index (κ2) is 32.1. The number of ether oxygens (including phenoxy) is 5. The molecule has 0 radical (unpaired) electrons. The van der Waals surface area contributed by atoms with Gasteiger partial charge in [-0.05, 0) is 168 Å². The van der Waals surface area contributed by atoms with Crippen molar-refractivity contribution >= 4 is 42.5 Å². The third-order valence-corrected chi connectivity index (χ3v) is 11.3. The molecule has 71 heavy (non-hydrogen) atoms. The summed E-state index contributed by atoms with van der Waals surface area (Å²) in [4.78, 5) is 87.4. The van der Waals surface area contributed by atoms with E-state index in [0.29, 0.717) is 44.9 Å². The Bertz CT molecular complexity index is 1750. The van der Waals surface area contributed by atoms with Crippen LogP contribution in [-0.2, 0) is 42.9 Å². The van der Waals surface area contributed by atoms with E-state index in [9.17, 15) is 33.6 Å². The van der Waals surface area contributed by atoms with Crippen LogP contribution in [0, 0.1) is 0 Å². The Balaban J connectivity index is 0.000000449. The summed E-state index contributed by atoms with van der Waals surface area (Å²) in [5.41, 5.74) is -1.46. The van der Waals surface area contributed by atoms with Crippen LogP contribution in [0.3, 0.4) is 0 Å². The first-order valence-corrected chi connectivity index (χ1v) is 25.2. The highest BCUT2D eigenvalue weighted by atomic mass is 16.6. The van der Waals surface area contributed by atoms with Crippen molar-refractivity contribution in [1.29, 1.82) is 0 Å². The van der Waals surface area contributed by atoms with Crippen LogP contribution in [-0.4, -0.2) is 191 Å². The van der Waals surface area contributed by atoms with Gasteiger partial charge in [0.15, 0.2) is 0 Å². The first kappa shape index (κ1) is 64.0. The van der Waals surface area contributed by atoms with E-state index in [4.69, 9.17) is 33.9 Å². The minimum absolute atomic E-state index is 0.0270. The lowest BCUT2D eigenvalue weighted by atomic mass is 10.2. The molecule has 0 aromatic heterocycles. The number of carbonyl (C=O) groups is 7. The number of carbonyl (C=O) groups excluding carboxylic acids is 6. The van der Waals surface area contributed by atoms with E-state index in [-0.39, 0.29) is 55.0 Å². The van der Waals surface area contributed by atoms with Crippen molar-refractivity contribution in [1.82, 2.24) is 24.5 Å². The van der Waals surface area contributed by atoms with E-state index in [1.165, 1.54) is 36.0 Å². The number of amides is 3. The monoisotopic (exact) mass is 1010 g/mol. The van der Waals surface area contributed by atoms with Crippen LogP contribution in [0.15, 0.2) is 36.5 Å². The SMILES string of the molecule is CC(C)(C)OC(=O)N1CCC[C@@H]1C=O.CC(C)(C)OC(=O)N1CCC[C@@H]1CO.CCOC(=O)/C=C/[C@H]1CCCN1C.CCOC(=O)/C=C/[C@H]1CCCN1C(=O)OC(C)(C)C.CN1CCC[C@@H]1/C=C/C(=O)O. The first-order chi connectivity index (χ1) is 33.1. The Hall–Kier alpha value is -5.01. The van der Waals surface area contributed by atoms with Gasteiger partial charge in [0.1, 0.15) is 23.1 Å². The number of aliphatic hydroxyl groups excluding tert-OH is 1. The van der Waals surface area contributed by atoms with Crippen molar-refractivity contribution in [3.63, 3.8) is 0 Å². The summed E-state index contributed by atoms with van der Waals surface area (Å²) >= 11 is 0. The van der Waals surface area contributed by atoms with Gasteiger partial charge in [0.05, 0.1) is 37.9 Å². The number of esters is 2. The van der Waals surface area contributed by atoms with Crippen molar-refractivity contribution in [3.05, 3.63) is 36.5 Å². The van der Waals surface area contributed by atoms with Gasteiger partial charge in [-0.1, -0.05) is 18.2 Å². The maximum Gasteiger partial charge on any atom is 0.410 e. The fourth-order valence-corrected chi connectivity index (χ4v) is 7.92. The average Bonchev–Trinajstić information content (AvgIpc) is 4.13. The molecule has 0 spiro atoms. The molecule has 5 atom stereocenters. The van der Waals surface area contributed by atoms with Crippen LogP contribution >= 0.6 is 0 Å². The lowest BCUT2D eigenvalue weighted by molar-refractivity contribution is -0.138. The van der Waals surface area contributed by atoms with E-state index in [1.807, 2.05) is 82.4 Å². The highest BCUT2D eigenvalue weighted by Gasteiger charge is 2.34.